The van der Waals surface area contributed by atoms with Crippen molar-refractivity contribution < 1.29 is 23.9 Å². The normalized spacial score (nSPS) is 25.4. The van der Waals surface area contributed by atoms with E-state index in [0.717, 1.165) is 10.5 Å². The number of nitrogens with one attached hydrogen (secondary N) is 2. The minimum absolute atomic E-state index is 0.0523. The number of rotatable bonds is 6. The highest BCUT2D eigenvalue weighted by Crippen LogP contribution is 2.32. The first-order chi connectivity index (χ1) is 16.5. The molecule has 4 atom stereocenters. The van der Waals surface area contributed by atoms with E-state index in [4.69, 9.17) is 10.5 Å². The first kappa shape index (κ1) is 22.4. The summed E-state index contributed by atoms with van der Waals surface area (Å²) < 4.78 is 5.60. The molecule has 9 heteroatoms. The van der Waals surface area contributed by atoms with Crippen molar-refractivity contribution in [3.8, 4) is 0 Å². The zero-order chi connectivity index (χ0) is 23.8. The van der Waals surface area contributed by atoms with Crippen molar-refractivity contribution in [1.29, 1.82) is 0 Å². The molecule has 9 nitrogen and oxygen atoms in total. The van der Waals surface area contributed by atoms with Crippen LogP contribution in [0, 0.1) is 5.92 Å². The number of piperidine rings is 1. The van der Waals surface area contributed by atoms with E-state index in [1.54, 1.807) is 18.2 Å². The second-order valence-electron chi connectivity index (χ2n) is 8.92. The summed E-state index contributed by atoms with van der Waals surface area (Å²) in [4.78, 5) is 51.3. The number of amides is 4. The van der Waals surface area contributed by atoms with Crippen LogP contribution in [0.3, 0.4) is 0 Å². The predicted octanol–water partition coefficient (Wildman–Crippen LogP) is 0.892. The third kappa shape index (κ3) is 3.91. The Bertz CT molecular complexity index is 1150. The van der Waals surface area contributed by atoms with E-state index in [1.165, 1.54) is 0 Å². The Labute approximate surface area is 196 Å². The molecule has 0 radical (unpaired) electrons. The Morgan fingerprint density at radius 1 is 1.03 bits per heavy atom. The molecule has 176 valence electrons. The van der Waals surface area contributed by atoms with Gasteiger partial charge < -0.3 is 15.8 Å². The van der Waals surface area contributed by atoms with Gasteiger partial charge >= 0.3 is 0 Å². The van der Waals surface area contributed by atoms with E-state index in [0.29, 0.717) is 30.9 Å². The van der Waals surface area contributed by atoms with Crippen molar-refractivity contribution in [3.05, 3.63) is 70.8 Å². The Morgan fingerprint density at radius 3 is 2.53 bits per heavy atom. The standard InChI is InChI=1S/C25H26N4O5/c26-18-13-34-12-17(18)22(14-5-2-1-3-6-14)27-11-15-7-4-8-16-21(15)25(33)29(24(16)32)19-9-10-20(30)28-23(19)31/h1-8,17-19,22,27H,9-13,26H2,(H,28,30,31)/t17-,18-,19?,22?/m1/s1. The van der Waals surface area contributed by atoms with Gasteiger partial charge in [0.05, 0.1) is 24.3 Å². The second-order valence-corrected chi connectivity index (χ2v) is 8.92. The number of hydrogen-bond donors (Lipinski definition) is 3. The van der Waals surface area contributed by atoms with Gasteiger partial charge in [0, 0.05) is 31.0 Å². The number of hydrogen-bond acceptors (Lipinski definition) is 7. The first-order valence-electron chi connectivity index (χ1n) is 11.4. The fourth-order valence-electron chi connectivity index (χ4n) is 5.06. The molecule has 2 unspecified atom stereocenters. The molecule has 0 bridgehead atoms. The van der Waals surface area contributed by atoms with Gasteiger partial charge in [-0.15, -0.1) is 0 Å². The molecule has 5 rings (SSSR count). The summed E-state index contributed by atoms with van der Waals surface area (Å²) in [5.74, 6) is -1.99. The summed E-state index contributed by atoms with van der Waals surface area (Å²) in [6.45, 7) is 1.35. The number of carbonyl (C=O) groups is 4. The molecule has 0 saturated carbocycles. The van der Waals surface area contributed by atoms with Gasteiger partial charge in [-0.3, -0.25) is 29.4 Å². The maximum absolute atomic E-state index is 13.3. The van der Waals surface area contributed by atoms with E-state index in [1.807, 2.05) is 30.3 Å². The summed E-state index contributed by atoms with van der Waals surface area (Å²) in [7, 11) is 0. The number of nitrogens with two attached hydrogens (primary N) is 1. The molecule has 4 N–H and O–H groups in total. The quantitative estimate of drug-likeness (QED) is 0.544. The van der Waals surface area contributed by atoms with Crippen LogP contribution in [0.5, 0.6) is 0 Å². The molecule has 2 aromatic carbocycles. The summed E-state index contributed by atoms with van der Waals surface area (Å²) in [6, 6.07) is 13.8. The lowest BCUT2D eigenvalue weighted by Gasteiger charge is -2.28. The number of benzene rings is 2. The van der Waals surface area contributed by atoms with Gasteiger partial charge in [0.25, 0.3) is 11.8 Å². The zero-order valence-electron chi connectivity index (χ0n) is 18.5. The van der Waals surface area contributed by atoms with E-state index >= 15 is 0 Å². The fraction of sp³-hybridized carbons (Fsp3) is 0.360. The minimum atomic E-state index is -0.989. The molecule has 2 aromatic rings. The molecule has 4 amide bonds. The SMILES string of the molecule is N[C@@H]1COC[C@H]1C(NCc1cccc2c1C(=O)N(C1CCC(=O)NC1=O)C2=O)c1ccccc1. The largest absolute Gasteiger partial charge is 0.379 e. The van der Waals surface area contributed by atoms with Gasteiger partial charge in [0.1, 0.15) is 6.04 Å². The first-order valence-corrected chi connectivity index (χ1v) is 11.4. The van der Waals surface area contributed by atoms with Gasteiger partial charge in [-0.05, 0) is 23.6 Å². The maximum Gasteiger partial charge on any atom is 0.262 e. The molecule has 0 aliphatic carbocycles. The highest BCUT2D eigenvalue weighted by atomic mass is 16.5. The van der Waals surface area contributed by atoms with E-state index in [2.05, 4.69) is 10.6 Å². The van der Waals surface area contributed by atoms with Crippen molar-refractivity contribution >= 4 is 23.6 Å². The molecule has 2 fully saturated rings. The minimum Gasteiger partial charge on any atom is -0.379 e. The summed E-state index contributed by atoms with van der Waals surface area (Å²) in [5.41, 5.74) is 8.60. The lowest BCUT2D eigenvalue weighted by atomic mass is 9.89. The molecular weight excluding hydrogens is 436 g/mol. The van der Waals surface area contributed by atoms with Gasteiger partial charge in [-0.2, -0.15) is 0 Å². The average molecular weight is 463 g/mol. The Morgan fingerprint density at radius 2 is 1.82 bits per heavy atom. The number of carbonyl (C=O) groups excluding carboxylic acids is 4. The molecule has 3 aliphatic heterocycles. The van der Waals surface area contributed by atoms with E-state index < -0.39 is 29.7 Å². The third-order valence-corrected chi connectivity index (χ3v) is 6.82. The van der Waals surface area contributed by atoms with Gasteiger partial charge in [-0.1, -0.05) is 42.5 Å². The van der Waals surface area contributed by atoms with Crippen molar-refractivity contribution in [2.24, 2.45) is 11.7 Å². The Balaban J connectivity index is 1.41. The summed E-state index contributed by atoms with van der Waals surface area (Å²) in [6.07, 6.45) is 0.208. The van der Waals surface area contributed by atoms with Crippen LogP contribution in [0.15, 0.2) is 48.5 Å². The molecule has 34 heavy (non-hydrogen) atoms. The van der Waals surface area contributed by atoms with E-state index in [-0.39, 0.29) is 36.4 Å². The molecule has 2 saturated heterocycles. The average Bonchev–Trinajstić information content (AvgIpc) is 3.36. The van der Waals surface area contributed by atoms with Crippen LogP contribution in [0.4, 0.5) is 0 Å². The van der Waals surface area contributed by atoms with Crippen LogP contribution in [-0.2, 0) is 20.9 Å². The van der Waals surface area contributed by atoms with Crippen molar-refractivity contribution in [1.82, 2.24) is 15.5 Å². The topological polar surface area (TPSA) is 131 Å². The Kier molecular flexibility index (Phi) is 5.99. The zero-order valence-corrected chi connectivity index (χ0v) is 18.5. The smallest absolute Gasteiger partial charge is 0.262 e. The van der Waals surface area contributed by atoms with Gasteiger partial charge in [0.2, 0.25) is 11.8 Å². The van der Waals surface area contributed by atoms with Crippen molar-refractivity contribution in [2.45, 2.75) is 37.5 Å². The number of imide groups is 2. The second kappa shape index (κ2) is 9.09. The monoisotopic (exact) mass is 462 g/mol. The highest BCUT2D eigenvalue weighted by molar-refractivity contribution is 6.24. The predicted molar refractivity (Wildman–Crippen MR) is 121 cm³/mol. The van der Waals surface area contributed by atoms with Crippen LogP contribution in [0.1, 0.15) is 50.7 Å². The van der Waals surface area contributed by atoms with Crippen molar-refractivity contribution in [3.63, 3.8) is 0 Å². The van der Waals surface area contributed by atoms with Crippen LogP contribution in [0.25, 0.3) is 0 Å². The number of fused-ring (bicyclic) bond motifs is 1. The van der Waals surface area contributed by atoms with Crippen LogP contribution in [-0.4, -0.2) is 53.8 Å². The molecule has 0 spiro atoms. The van der Waals surface area contributed by atoms with Crippen molar-refractivity contribution in [2.75, 3.05) is 13.2 Å². The van der Waals surface area contributed by atoms with Crippen LogP contribution >= 0.6 is 0 Å². The molecule has 3 aliphatic rings. The lowest BCUT2D eigenvalue weighted by Crippen LogP contribution is -2.54. The highest BCUT2D eigenvalue weighted by Gasteiger charge is 2.45. The summed E-state index contributed by atoms with van der Waals surface area (Å²) in [5, 5.41) is 5.76. The summed E-state index contributed by atoms with van der Waals surface area (Å²) >= 11 is 0. The molecule has 0 aromatic heterocycles. The Hall–Kier alpha value is -3.40. The van der Waals surface area contributed by atoms with Crippen LogP contribution in [0.2, 0.25) is 0 Å². The maximum atomic E-state index is 13.3. The lowest BCUT2D eigenvalue weighted by molar-refractivity contribution is -0.136. The third-order valence-electron chi connectivity index (χ3n) is 6.82. The van der Waals surface area contributed by atoms with E-state index in [9.17, 15) is 19.2 Å². The van der Waals surface area contributed by atoms with Gasteiger partial charge in [0.15, 0.2) is 0 Å². The van der Waals surface area contributed by atoms with Gasteiger partial charge in [-0.25, -0.2) is 0 Å². The van der Waals surface area contributed by atoms with Crippen LogP contribution < -0.4 is 16.4 Å². The molecular formula is C25H26N4O5. The molecule has 3 heterocycles. The number of nitrogens with zero attached hydrogens (tertiary/aromatic N) is 1. The fourth-order valence-corrected chi connectivity index (χ4v) is 5.06. The number of ether oxygens (including phenoxy) is 1.